The van der Waals surface area contributed by atoms with Crippen LogP contribution in [0.4, 0.5) is 0 Å². The minimum atomic E-state index is -0.595. The SMILES string of the molecule is COC[C@@]1(O)CC[C@H]2[C@H](CC[C@@H]3[C@@H]2CC[C@]2(C)C(=O)C[C@@H](C)[C@@H]32)C1. The van der Waals surface area contributed by atoms with E-state index < -0.39 is 5.60 Å². The van der Waals surface area contributed by atoms with Crippen LogP contribution in [0, 0.1) is 40.9 Å². The second kappa shape index (κ2) is 5.81. The Morgan fingerprint density at radius 1 is 1.12 bits per heavy atom. The van der Waals surface area contributed by atoms with Crippen LogP contribution in [0.15, 0.2) is 0 Å². The zero-order valence-corrected chi connectivity index (χ0v) is 15.6. The van der Waals surface area contributed by atoms with Gasteiger partial charge in [-0.25, -0.2) is 0 Å². The Labute approximate surface area is 146 Å². The van der Waals surface area contributed by atoms with Gasteiger partial charge in [0.15, 0.2) is 0 Å². The van der Waals surface area contributed by atoms with Crippen molar-refractivity contribution in [2.75, 3.05) is 13.7 Å². The van der Waals surface area contributed by atoms with E-state index in [0.717, 1.165) is 49.9 Å². The predicted molar refractivity (Wildman–Crippen MR) is 93.5 cm³/mol. The Balaban J connectivity index is 1.54. The molecule has 0 aliphatic heterocycles. The number of methoxy groups -OCH3 is 1. The third-order valence-electron chi connectivity index (χ3n) is 8.53. The fourth-order valence-corrected chi connectivity index (χ4v) is 7.64. The summed E-state index contributed by atoms with van der Waals surface area (Å²) in [4.78, 5) is 12.6. The molecule has 0 bridgehead atoms. The number of carbonyl (C=O) groups is 1. The summed E-state index contributed by atoms with van der Waals surface area (Å²) >= 11 is 0. The van der Waals surface area contributed by atoms with E-state index in [1.807, 2.05) is 0 Å². The highest BCUT2D eigenvalue weighted by Crippen LogP contribution is 2.63. The van der Waals surface area contributed by atoms with Gasteiger partial charge in [-0.05, 0) is 80.5 Å². The van der Waals surface area contributed by atoms with Gasteiger partial charge in [0.1, 0.15) is 5.78 Å². The first-order chi connectivity index (χ1) is 11.4. The fraction of sp³-hybridized carbons (Fsp3) is 0.952. The Morgan fingerprint density at radius 3 is 2.62 bits per heavy atom. The predicted octanol–water partition coefficient (Wildman–Crippen LogP) is 3.83. The van der Waals surface area contributed by atoms with Gasteiger partial charge in [0.25, 0.3) is 0 Å². The van der Waals surface area contributed by atoms with Crippen molar-refractivity contribution in [3.63, 3.8) is 0 Å². The number of rotatable bonds is 2. The van der Waals surface area contributed by atoms with E-state index in [4.69, 9.17) is 4.74 Å². The van der Waals surface area contributed by atoms with Crippen LogP contribution in [0.25, 0.3) is 0 Å². The molecule has 4 aliphatic rings. The van der Waals surface area contributed by atoms with E-state index in [2.05, 4.69) is 13.8 Å². The first kappa shape index (κ1) is 17.0. The molecule has 0 heterocycles. The Morgan fingerprint density at radius 2 is 1.88 bits per heavy atom. The van der Waals surface area contributed by atoms with Crippen LogP contribution >= 0.6 is 0 Å². The lowest BCUT2D eigenvalue weighted by Gasteiger charge is -2.56. The third-order valence-corrected chi connectivity index (χ3v) is 8.53. The van der Waals surface area contributed by atoms with Crippen molar-refractivity contribution < 1.29 is 14.6 Å². The first-order valence-corrected chi connectivity index (χ1v) is 10.1. The highest BCUT2D eigenvalue weighted by molar-refractivity contribution is 5.87. The van der Waals surface area contributed by atoms with Gasteiger partial charge >= 0.3 is 0 Å². The number of aliphatic hydroxyl groups is 1. The lowest BCUT2D eigenvalue weighted by molar-refractivity contribution is -0.139. The first-order valence-electron chi connectivity index (χ1n) is 10.1. The zero-order chi connectivity index (χ0) is 17.1. The van der Waals surface area contributed by atoms with Crippen LogP contribution in [0.3, 0.4) is 0 Å². The van der Waals surface area contributed by atoms with Gasteiger partial charge in [-0.3, -0.25) is 4.79 Å². The quantitative estimate of drug-likeness (QED) is 0.835. The Hall–Kier alpha value is -0.410. The molecule has 4 saturated carbocycles. The normalized spacial score (nSPS) is 54.1. The van der Waals surface area contributed by atoms with Crippen molar-refractivity contribution in [1.29, 1.82) is 0 Å². The second-order valence-electron chi connectivity index (χ2n) is 9.82. The number of hydrogen-bond acceptors (Lipinski definition) is 3. The maximum absolute atomic E-state index is 12.6. The summed E-state index contributed by atoms with van der Waals surface area (Å²) in [5, 5.41) is 10.8. The largest absolute Gasteiger partial charge is 0.387 e. The van der Waals surface area contributed by atoms with Crippen LogP contribution in [0.1, 0.15) is 65.2 Å². The van der Waals surface area contributed by atoms with Crippen LogP contribution in [0.2, 0.25) is 0 Å². The van der Waals surface area contributed by atoms with E-state index in [-0.39, 0.29) is 5.41 Å². The molecule has 136 valence electrons. The summed E-state index contributed by atoms with van der Waals surface area (Å²) in [6, 6.07) is 0. The molecule has 0 aromatic heterocycles. The molecule has 4 fully saturated rings. The number of hydrogen-bond donors (Lipinski definition) is 1. The maximum Gasteiger partial charge on any atom is 0.139 e. The zero-order valence-electron chi connectivity index (χ0n) is 15.6. The van der Waals surface area contributed by atoms with E-state index >= 15 is 0 Å². The average molecular weight is 335 g/mol. The summed E-state index contributed by atoms with van der Waals surface area (Å²) in [7, 11) is 1.70. The fourth-order valence-electron chi connectivity index (χ4n) is 7.64. The van der Waals surface area contributed by atoms with Crippen LogP contribution in [-0.4, -0.2) is 30.2 Å². The summed E-state index contributed by atoms with van der Waals surface area (Å²) in [6.45, 7) is 5.07. The minimum absolute atomic E-state index is 0.0289. The Bertz CT molecular complexity index is 517. The molecule has 0 radical (unpaired) electrons. The minimum Gasteiger partial charge on any atom is -0.387 e. The van der Waals surface area contributed by atoms with Gasteiger partial charge in [-0.2, -0.15) is 0 Å². The van der Waals surface area contributed by atoms with Gasteiger partial charge in [0, 0.05) is 18.9 Å². The highest BCUT2D eigenvalue weighted by Gasteiger charge is 2.59. The van der Waals surface area contributed by atoms with E-state index in [1.165, 1.54) is 19.3 Å². The van der Waals surface area contributed by atoms with Crippen LogP contribution in [0.5, 0.6) is 0 Å². The molecule has 0 aromatic carbocycles. The topological polar surface area (TPSA) is 46.5 Å². The van der Waals surface area contributed by atoms with Crippen molar-refractivity contribution in [3.05, 3.63) is 0 Å². The molecule has 0 unspecified atom stereocenters. The molecule has 8 atom stereocenters. The van der Waals surface area contributed by atoms with Crippen molar-refractivity contribution in [3.8, 4) is 0 Å². The molecule has 3 nitrogen and oxygen atoms in total. The number of fused-ring (bicyclic) bond motifs is 5. The van der Waals surface area contributed by atoms with Crippen LogP contribution in [-0.2, 0) is 9.53 Å². The molecule has 0 aromatic rings. The third kappa shape index (κ3) is 2.41. The maximum atomic E-state index is 12.6. The molecule has 1 N–H and O–H groups in total. The van der Waals surface area contributed by atoms with Gasteiger partial charge in [-0.15, -0.1) is 0 Å². The van der Waals surface area contributed by atoms with Crippen molar-refractivity contribution in [1.82, 2.24) is 0 Å². The van der Waals surface area contributed by atoms with Gasteiger partial charge in [0.05, 0.1) is 12.2 Å². The van der Waals surface area contributed by atoms with Gasteiger partial charge in [0.2, 0.25) is 0 Å². The van der Waals surface area contributed by atoms with E-state index in [0.29, 0.717) is 30.1 Å². The molecular formula is C21H34O3. The molecule has 3 heteroatoms. The number of carbonyl (C=O) groups excluding carboxylic acids is 1. The monoisotopic (exact) mass is 334 g/mol. The molecule has 4 aliphatic carbocycles. The lowest BCUT2D eigenvalue weighted by atomic mass is 9.49. The Kier molecular flexibility index (Phi) is 4.12. The lowest BCUT2D eigenvalue weighted by Crippen LogP contribution is -2.52. The second-order valence-corrected chi connectivity index (χ2v) is 9.82. The highest BCUT2D eigenvalue weighted by atomic mass is 16.5. The molecule has 0 saturated heterocycles. The number of Topliss-reactive ketones (excluding diaryl/α,β-unsaturated/α-hetero) is 1. The van der Waals surface area contributed by atoms with Gasteiger partial charge in [-0.1, -0.05) is 13.8 Å². The number of ketones is 1. The average Bonchev–Trinajstić information content (AvgIpc) is 2.76. The van der Waals surface area contributed by atoms with Crippen LogP contribution < -0.4 is 0 Å². The van der Waals surface area contributed by atoms with Gasteiger partial charge < -0.3 is 9.84 Å². The van der Waals surface area contributed by atoms with Crippen molar-refractivity contribution in [2.45, 2.75) is 70.8 Å². The molecule has 0 spiro atoms. The van der Waals surface area contributed by atoms with Crippen molar-refractivity contribution >= 4 is 5.78 Å². The number of ether oxygens (including phenoxy) is 1. The van der Waals surface area contributed by atoms with E-state index in [9.17, 15) is 9.90 Å². The summed E-state index contributed by atoms with van der Waals surface area (Å²) in [5.41, 5.74) is -0.624. The molecular weight excluding hydrogens is 300 g/mol. The van der Waals surface area contributed by atoms with Crippen molar-refractivity contribution in [2.24, 2.45) is 40.9 Å². The summed E-state index contributed by atoms with van der Waals surface area (Å²) < 4.78 is 5.28. The standard InChI is InChI=1S/C21H34O3/c1-13-10-18(22)20(2)8-6-16-15-7-9-21(23,12-24-3)11-14(15)4-5-17(16)19(13)20/h13-17,19,23H,4-12H2,1-3H3/t13-,14-,15+,16-,17-,19+,20-,21-/m1/s1. The molecule has 24 heavy (non-hydrogen) atoms. The molecule has 4 rings (SSSR count). The smallest absolute Gasteiger partial charge is 0.139 e. The van der Waals surface area contributed by atoms with E-state index in [1.54, 1.807) is 7.11 Å². The summed E-state index contributed by atoms with van der Waals surface area (Å²) in [6.07, 6.45) is 8.63. The summed E-state index contributed by atoms with van der Waals surface area (Å²) in [5.74, 6) is 4.71. The molecule has 0 amide bonds.